The lowest BCUT2D eigenvalue weighted by Gasteiger charge is -2.12. The van der Waals surface area contributed by atoms with Gasteiger partial charge >= 0.3 is 0 Å². The molecule has 202 valence electrons. The van der Waals surface area contributed by atoms with Crippen molar-refractivity contribution in [2.24, 2.45) is 14.1 Å². The largest absolute Gasteiger partial charge is 0.326 e. The topological polar surface area (TPSA) is 61.4 Å². The number of para-hydroxylation sites is 2. The Bertz CT molecular complexity index is 2130. The number of fused-ring (bicyclic) bond motifs is 2. The quantitative estimate of drug-likeness (QED) is 0.212. The minimum absolute atomic E-state index is 0.779. The fraction of sp³-hybridized carbons (Fsp3) is 0.0556. The fourth-order valence-electron chi connectivity index (χ4n) is 5.71. The first-order valence-electron chi connectivity index (χ1n) is 13.8. The molecule has 0 unspecified atom stereocenters. The molecule has 4 aromatic heterocycles. The molecule has 0 atom stereocenters. The summed E-state index contributed by atoms with van der Waals surface area (Å²) in [6.07, 6.45) is 7.39. The van der Waals surface area contributed by atoms with E-state index >= 15 is 0 Å². The highest BCUT2D eigenvalue weighted by Gasteiger charge is 2.15. The van der Waals surface area contributed by atoms with Gasteiger partial charge in [0.15, 0.2) is 11.6 Å². The van der Waals surface area contributed by atoms with Gasteiger partial charge in [0.1, 0.15) is 11.4 Å². The second-order valence-corrected chi connectivity index (χ2v) is 10.2. The van der Waals surface area contributed by atoms with Gasteiger partial charge in [-0.2, -0.15) is 0 Å². The van der Waals surface area contributed by atoms with Gasteiger partial charge in [-0.1, -0.05) is 73.8 Å². The van der Waals surface area contributed by atoms with Crippen molar-refractivity contribution in [2.75, 3.05) is 0 Å². The van der Waals surface area contributed by atoms with Crippen molar-refractivity contribution in [1.29, 1.82) is 0 Å². The van der Waals surface area contributed by atoms with E-state index < -0.39 is 0 Å². The molecule has 0 N–H and O–H groups in total. The van der Waals surface area contributed by atoms with Gasteiger partial charge in [0.05, 0.1) is 22.4 Å². The molecule has 0 fully saturated rings. The summed E-state index contributed by atoms with van der Waals surface area (Å²) in [6, 6.07) is 29.3. The maximum atomic E-state index is 4.82. The predicted octanol–water partition coefficient (Wildman–Crippen LogP) is 8.20. The SMILES string of the molecule is C=Cc1nc(-c2ccc(-c3cccc4c(-c5ccc(-c6nc7ccccc7n6C)nc5)cccc34)cn2)n(C)c1C=C. The molecule has 7 aromatic rings. The highest BCUT2D eigenvalue weighted by atomic mass is 15.1. The first-order valence-corrected chi connectivity index (χ1v) is 13.8. The zero-order chi connectivity index (χ0) is 28.8. The molecule has 0 amide bonds. The second kappa shape index (κ2) is 10.1. The van der Waals surface area contributed by atoms with Crippen LogP contribution in [0.15, 0.2) is 110 Å². The third-order valence-corrected chi connectivity index (χ3v) is 7.87. The molecule has 0 spiro atoms. The predicted molar refractivity (Wildman–Crippen MR) is 173 cm³/mol. The van der Waals surface area contributed by atoms with Gasteiger partial charge in [0.2, 0.25) is 0 Å². The molecule has 0 radical (unpaired) electrons. The van der Waals surface area contributed by atoms with Crippen molar-refractivity contribution < 1.29 is 0 Å². The Balaban J connectivity index is 1.25. The highest BCUT2D eigenvalue weighted by Crippen LogP contribution is 2.35. The van der Waals surface area contributed by atoms with Crippen molar-refractivity contribution >= 4 is 34.0 Å². The maximum Gasteiger partial charge on any atom is 0.159 e. The minimum atomic E-state index is 0.779. The number of hydrogen-bond donors (Lipinski definition) is 0. The number of hydrogen-bond acceptors (Lipinski definition) is 4. The zero-order valence-electron chi connectivity index (χ0n) is 23.5. The smallest absolute Gasteiger partial charge is 0.159 e. The maximum absolute atomic E-state index is 4.82. The van der Waals surface area contributed by atoms with Crippen LogP contribution in [0.3, 0.4) is 0 Å². The lowest BCUT2D eigenvalue weighted by Crippen LogP contribution is -1.97. The number of aromatic nitrogens is 6. The molecule has 6 heteroatoms. The first kappa shape index (κ1) is 25.4. The Morgan fingerprint density at radius 3 is 1.69 bits per heavy atom. The summed E-state index contributed by atoms with van der Waals surface area (Å²) in [5, 5.41) is 2.32. The summed E-state index contributed by atoms with van der Waals surface area (Å²) in [7, 11) is 4.00. The van der Waals surface area contributed by atoms with Crippen LogP contribution in [0.25, 0.3) is 79.2 Å². The van der Waals surface area contributed by atoms with Crippen LogP contribution in [-0.2, 0) is 14.1 Å². The van der Waals surface area contributed by atoms with Crippen LogP contribution in [0.4, 0.5) is 0 Å². The van der Waals surface area contributed by atoms with Crippen molar-refractivity contribution in [2.45, 2.75) is 0 Å². The van der Waals surface area contributed by atoms with E-state index in [1.54, 1.807) is 12.2 Å². The number of imidazole rings is 2. The Morgan fingerprint density at radius 2 is 1.19 bits per heavy atom. The van der Waals surface area contributed by atoms with Crippen LogP contribution < -0.4 is 0 Å². The van der Waals surface area contributed by atoms with Gasteiger partial charge in [-0.3, -0.25) is 9.97 Å². The Morgan fingerprint density at radius 1 is 0.595 bits per heavy atom. The molecule has 6 nitrogen and oxygen atoms in total. The van der Waals surface area contributed by atoms with E-state index in [-0.39, 0.29) is 0 Å². The lowest BCUT2D eigenvalue weighted by molar-refractivity contribution is 0.907. The van der Waals surface area contributed by atoms with Crippen LogP contribution in [0.2, 0.25) is 0 Å². The summed E-state index contributed by atoms with van der Waals surface area (Å²) in [6.45, 7) is 7.79. The van der Waals surface area contributed by atoms with Crippen molar-refractivity contribution in [3.05, 3.63) is 122 Å². The first-order chi connectivity index (χ1) is 20.6. The summed E-state index contributed by atoms with van der Waals surface area (Å²) < 4.78 is 4.08. The van der Waals surface area contributed by atoms with Crippen molar-refractivity contribution in [1.82, 2.24) is 29.1 Å². The minimum Gasteiger partial charge on any atom is -0.326 e. The van der Waals surface area contributed by atoms with Gasteiger partial charge < -0.3 is 9.13 Å². The van der Waals surface area contributed by atoms with E-state index in [9.17, 15) is 0 Å². The fourth-order valence-corrected chi connectivity index (χ4v) is 5.71. The van der Waals surface area contributed by atoms with E-state index in [2.05, 4.69) is 78.4 Å². The van der Waals surface area contributed by atoms with Crippen LogP contribution in [0, 0.1) is 0 Å². The van der Waals surface area contributed by atoms with Gasteiger partial charge in [-0.05, 0) is 58.3 Å². The molecule has 0 aliphatic carbocycles. The van der Waals surface area contributed by atoms with E-state index in [0.29, 0.717) is 0 Å². The highest BCUT2D eigenvalue weighted by molar-refractivity contribution is 6.04. The number of pyridine rings is 2. The Labute approximate surface area is 244 Å². The van der Waals surface area contributed by atoms with Crippen molar-refractivity contribution in [3.8, 4) is 45.3 Å². The van der Waals surface area contributed by atoms with Crippen LogP contribution >= 0.6 is 0 Å². The van der Waals surface area contributed by atoms with E-state index in [4.69, 9.17) is 19.9 Å². The Kier molecular flexibility index (Phi) is 6.09. The summed E-state index contributed by atoms with van der Waals surface area (Å²) in [5.41, 5.74) is 9.76. The third-order valence-electron chi connectivity index (χ3n) is 7.87. The molecule has 4 heterocycles. The number of aryl methyl sites for hydroxylation is 1. The normalized spacial score (nSPS) is 11.3. The molecule has 7 rings (SSSR count). The Hall–Kier alpha value is -5.62. The molecule has 0 aliphatic rings. The van der Waals surface area contributed by atoms with Crippen molar-refractivity contribution in [3.63, 3.8) is 0 Å². The van der Waals surface area contributed by atoms with Gasteiger partial charge in [0.25, 0.3) is 0 Å². The second-order valence-electron chi connectivity index (χ2n) is 10.2. The van der Waals surface area contributed by atoms with E-state index in [0.717, 1.165) is 78.5 Å². The number of rotatable bonds is 6. The lowest BCUT2D eigenvalue weighted by atomic mass is 9.94. The molecule has 0 saturated carbocycles. The monoisotopic (exact) mass is 544 g/mol. The van der Waals surface area contributed by atoms with E-state index in [1.807, 2.05) is 55.3 Å². The standard InChI is InChI=1S/C36H28N6/c1-5-29-33(6-2)41(3)35(39-29)31-19-17-23(21-37-31)25-11-9-14-28-26(12-10-13-27(25)28)24-18-20-32(38-22-24)36-40-30-15-7-8-16-34(30)42(36)4/h5-22H,1-2H2,3-4H3. The summed E-state index contributed by atoms with van der Waals surface area (Å²) in [4.78, 5) is 19.1. The molecule has 3 aromatic carbocycles. The average Bonchev–Trinajstić information content (AvgIpc) is 3.56. The summed E-state index contributed by atoms with van der Waals surface area (Å²) in [5.74, 6) is 1.63. The average molecular weight is 545 g/mol. The van der Waals surface area contributed by atoms with E-state index in [1.165, 1.54) is 0 Å². The summed E-state index contributed by atoms with van der Waals surface area (Å²) >= 11 is 0. The number of benzene rings is 3. The van der Waals surface area contributed by atoms with Crippen LogP contribution in [-0.4, -0.2) is 29.1 Å². The molecular formula is C36H28N6. The number of nitrogens with zero attached hydrogens (tertiary/aromatic N) is 6. The van der Waals surface area contributed by atoms with Gasteiger partial charge in [0, 0.05) is 37.6 Å². The third kappa shape index (κ3) is 4.04. The molecule has 0 aliphatic heterocycles. The van der Waals surface area contributed by atoms with Gasteiger partial charge in [-0.15, -0.1) is 0 Å². The molecule has 42 heavy (non-hydrogen) atoms. The zero-order valence-corrected chi connectivity index (χ0v) is 23.5. The molecule has 0 bridgehead atoms. The van der Waals surface area contributed by atoms with Crippen LogP contribution in [0.5, 0.6) is 0 Å². The molecular weight excluding hydrogens is 516 g/mol. The van der Waals surface area contributed by atoms with Gasteiger partial charge in [-0.25, -0.2) is 9.97 Å². The molecule has 0 saturated heterocycles. The van der Waals surface area contributed by atoms with Crippen LogP contribution in [0.1, 0.15) is 11.4 Å².